The average molecular weight is 451 g/mol. The number of nitrogens with one attached hydrogen (secondary N) is 2. The second-order valence-corrected chi connectivity index (χ2v) is 8.76. The van der Waals surface area contributed by atoms with E-state index in [-0.39, 0.29) is 4.90 Å². The highest BCUT2D eigenvalue weighted by molar-refractivity contribution is 7.92. The molecule has 0 aliphatic carbocycles. The van der Waals surface area contributed by atoms with E-state index in [1.807, 2.05) is 13.0 Å². The van der Waals surface area contributed by atoms with E-state index >= 15 is 0 Å². The van der Waals surface area contributed by atoms with Crippen molar-refractivity contribution in [2.45, 2.75) is 18.7 Å². The Kier molecular flexibility index (Phi) is 5.78. The molecule has 164 valence electrons. The quantitative estimate of drug-likeness (QED) is 0.440. The summed E-state index contributed by atoms with van der Waals surface area (Å²) in [5, 5.41) is 7.33. The van der Waals surface area contributed by atoms with Crippen LogP contribution in [0.5, 0.6) is 5.75 Å². The molecule has 0 saturated heterocycles. The van der Waals surface area contributed by atoms with Crippen LogP contribution in [0.4, 0.5) is 17.2 Å². The molecule has 0 unspecified atom stereocenters. The first-order valence-corrected chi connectivity index (χ1v) is 11.2. The summed E-state index contributed by atoms with van der Waals surface area (Å²) in [4.78, 5) is 8.62. The topological polar surface area (TPSA) is 111 Å². The van der Waals surface area contributed by atoms with Crippen LogP contribution in [0.1, 0.15) is 11.1 Å². The Morgan fingerprint density at radius 1 is 0.969 bits per heavy atom. The van der Waals surface area contributed by atoms with Crippen molar-refractivity contribution in [3.63, 3.8) is 0 Å². The van der Waals surface area contributed by atoms with Crippen molar-refractivity contribution in [2.75, 3.05) is 17.1 Å². The third-order valence-electron chi connectivity index (χ3n) is 4.78. The maximum atomic E-state index is 12.9. The van der Waals surface area contributed by atoms with Crippen LogP contribution >= 0.6 is 0 Å². The van der Waals surface area contributed by atoms with Crippen molar-refractivity contribution in [2.24, 2.45) is 0 Å². The molecule has 4 rings (SSSR count). The molecule has 0 amide bonds. The molecule has 0 aliphatic rings. The van der Waals surface area contributed by atoms with Gasteiger partial charge in [0.15, 0.2) is 5.82 Å². The summed E-state index contributed by atoms with van der Waals surface area (Å²) in [6.07, 6.45) is 4.91. The lowest BCUT2D eigenvalue weighted by molar-refractivity contribution is 0.411. The Morgan fingerprint density at radius 2 is 1.72 bits per heavy atom. The average Bonchev–Trinajstić information content (AvgIpc) is 3.31. The van der Waals surface area contributed by atoms with Crippen molar-refractivity contribution in [1.82, 2.24) is 19.7 Å². The standard InChI is InChI=1S/C22H22N6O3S/c1-15-12-20(16(2)11-19(15)31-3)32(29,30)27-18-7-5-17(6-8-18)26-21-13-22(24-14-23-21)28-10-4-9-25-28/h4-14,27H,1-3H3,(H,23,24,26). The molecule has 2 N–H and O–H groups in total. The number of sulfonamides is 1. The third kappa shape index (κ3) is 4.54. The predicted octanol–water partition coefficient (Wildman–Crippen LogP) is 3.83. The zero-order valence-corrected chi connectivity index (χ0v) is 18.6. The molecular formula is C22H22N6O3S. The minimum absolute atomic E-state index is 0.213. The zero-order chi connectivity index (χ0) is 22.7. The van der Waals surface area contributed by atoms with Gasteiger partial charge < -0.3 is 10.1 Å². The summed E-state index contributed by atoms with van der Waals surface area (Å²) in [7, 11) is -2.19. The van der Waals surface area contributed by atoms with Crippen molar-refractivity contribution < 1.29 is 13.2 Å². The first-order chi connectivity index (χ1) is 15.4. The number of nitrogens with zero attached hydrogens (tertiary/aromatic N) is 4. The van der Waals surface area contributed by atoms with E-state index in [0.717, 1.165) is 11.3 Å². The van der Waals surface area contributed by atoms with Crippen molar-refractivity contribution in [3.05, 3.63) is 78.4 Å². The van der Waals surface area contributed by atoms with E-state index in [2.05, 4.69) is 25.1 Å². The van der Waals surface area contributed by atoms with Crippen molar-refractivity contribution in [1.29, 1.82) is 0 Å². The van der Waals surface area contributed by atoms with Gasteiger partial charge in [0.25, 0.3) is 10.0 Å². The van der Waals surface area contributed by atoms with Gasteiger partial charge in [-0.25, -0.2) is 23.1 Å². The van der Waals surface area contributed by atoms with E-state index in [9.17, 15) is 8.42 Å². The molecule has 2 heterocycles. The van der Waals surface area contributed by atoms with Gasteiger partial charge in [-0.15, -0.1) is 0 Å². The van der Waals surface area contributed by atoms with Crippen molar-refractivity contribution >= 4 is 27.2 Å². The Balaban J connectivity index is 1.50. The monoisotopic (exact) mass is 450 g/mol. The number of anilines is 3. The van der Waals surface area contributed by atoms with Crippen LogP contribution < -0.4 is 14.8 Å². The summed E-state index contributed by atoms with van der Waals surface area (Å²) in [6.45, 7) is 3.55. The van der Waals surface area contributed by atoms with E-state index in [1.165, 1.54) is 6.33 Å². The first kappa shape index (κ1) is 21.3. The molecule has 10 heteroatoms. The molecule has 0 fully saturated rings. The van der Waals surface area contributed by atoms with Gasteiger partial charge in [0, 0.05) is 29.8 Å². The Hall–Kier alpha value is -3.92. The van der Waals surface area contributed by atoms with E-state index in [0.29, 0.717) is 28.6 Å². The van der Waals surface area contributed by atoms with E-state index in [4.69, 9.17) is 4.74 Å². The molecule has 9 nitrogen and oxygen atoms in total. The minimum atomic E-state index is -3.75. The van der Waals surface area contributed by atoms with Gasteiger partial charge in [0.1, 0.15) is 17.9 Å². The smallest absolute Gasteiger partial charge is 0.262 e. The molecule has 0 aliphatic heterocycles. The zero-order valence-electron chi connectivity index (χ0n) is 17.8. The number of ether oxygens (including phenoxy) is 1. The summed E-state index contributed by atoms with van der Waals surface area (Å²) in [5.41, 5.74) is 2.55. The number of hydrogen-bond donors (Lipinski definition) is 2. The van der Waals surface area contributed by atoms with Crippen LogP contribution in [-0.2, 0) is 10.0 Å². The molecule has 2 aromatic heterocycles. The van der Waals surface area contributed by atoms with Crippen LogP contribution in [0.25, 0.3) is 5.82 Å². The lowest BCUT2D eigenvalue weighted by Crippen LogP contribution is -2.14. The molecular weight excluding hydrogens is 428 g/mol. The highest BCUT2D eigenvalue weighted by Crippen LogP contribution is 2.27. The van der Waals surface area contributed by atoms with Gasteiger partial charge >= 0.3 is 0 Å². The maximum absolute atomic E-state index is 12.9. The predicted molar refractivity (Wildman–Crippen MR) is 122 cm³/mol. The largest absolute Gasteiger partial charge is 0.496 e. The number of hydrogen-bond acceptors (Lipinski definition) is 7. The molecule has 32 heavy (non-hydrogen) atoms. The lowest BCUT2D eigenvalue weighted by Gasteiger charge is -2.14. The highest BCUT2D eigenvalue weighted by atomic mass is 32.2. The number of aryl methyl sites for hydroxylation is 2. The summed E-state index contributed by atoms with van der Waals surface area (Å²) < 4.78 is 35.3. The SMILES string of the molecule is COc1cc(C)c(S(=O)(=O)Nc2ccc(Nc3cc(-n4cccn4)ncn3)cc2)cc1C. The van der Waals surface area contributed by atoms with Gasteiger partial charge in [-0.2, -0.15) is 5.10 Å². The molecule has 0 bridgehead atoms. The minimum Gasteiger partial charge on any atom is -0.496 e. The Morgan fingerprint density at radius 3 is 2.41 bits per heavy atom. The van der Waals surface area contributed by atoms with Crippen LogP contribution in [0.3, 0.4) is 0 Å². The number of methoxy groups -OCH3 is 1. The van der Waals surface area contributed by atoms with Crippen molar-refractivity contribution in [3.8, 4) is 11.6 Å². The lowest BCUT2D eigenvalue weighted by atomic mass is 10.1. The Bertz CT molecular complexity index is 1340. The van der Waals surface area contributed by atoms with Gasteiger partial charge in [-0.3, -0.25) is 4.72 Å². The van der Waals surface area contributed by atoms with Crippen LogP contribution in [-0.4, -0.2) is 35.3 Å². The summed E-state index contributed by atoms with van der Waals surface area (Å²) in [5.74, 6) is 1.86. The molecule has 0 atom stereocenters. The second kappa shape index (κ2) is 8.67. The molecule has 0 spiro atoms. The fourth-order valence-corrected chi connectivity index (χ4v) is 4.57. The normalized spacial score (nSPS) is 11.2. The summed E-state index contributed by atoms with van der Waals surface area (Å²) in [6, 6.07) is 13.8. The second-order valence-electron chi connectivity index (χ2n) is 7.11. The highest BCUT2D eigenvalue weighted by Gasteiger charge is 2.19. The summed E-state index contributed by atoms with van der Waals surface area (Å²) >= 11 is 0. The van der Waals surface area contributed by atoms with Crippen LogP contribution in [0.15, 0.2) is 72.1 Å². The third-order valence-corrected chi connectivity index (χ3v) is 6.31. The molecule has 0 radical (unpaired) electrons. The fourth-order valence-electron chi connectivity index (χ4n) is 3.20. The molecule has 0 saturated carbocycles. The van der Waals surface area contributed by atoms with E-state index < -0.39 is 10.0 Å². The van der Waals surface area contributed by atoms with Gasteiger partial charge in [0.2, 0.25) is 0 Å². The number of rotatable bonds is 7. The van der Waals surface area contributed by atoms with E-state index in [1.54, 1.807) is 73.6 Å². The number of aromatic nitrogens is 4. The van der Waals surface area contributed by atoms with Crippen LogP contribution in [0.2, 0.25) is 0 Å². The van der Waals surface area contributed by atoms with Gasteiger partial charge in [-0.05, 0) is 67.4 Å². The maximum Gasteiger partial charge on any atom is 0.262 e. The molecule has 4 aromatic rings. The van der Waals surface area contributed by atoms with Gasteiger partial charge in [0.05, 0.1) is 12.0 Å². The van der Waals surface area contributed by atoms with Gasteiger partial charge in [-0.1, -0.05) is 0 Å². The van der Waals surface area contributed by atoms with Crippen LogP contribution in [0, 0.1) is 13.8 Å². The first-order valence-electron chi connectivity index (χ1n) is 9.73. The fraction of sp³-hybridized carbons (Fsp3) is 0.136. The number of benzene rings is 2. The Labute approximate surface area is 186 Å². The molecule has 2 aromatic carbocycles.